The number of fused-ring (bicyclic) bond motifs is 2. The van der Waals surface area contributed by atoms with Crippen molar-refractivity contribution in [1.82, 2.24) is 0 Å². The Bertz CT molecular complexity index is 1440. The molecule has 1 aliphatic heterocycles. The van der Waals surface area contributed by atoms with Gasteiger partial charge in [0.1, 0.15) is 24.4 Å². The van der Waals surface area contributed by atoms with Crippen molar-refractivity contribution >= 4 is 23.9 Å². The van der Waals surface area contributed by atoms with Crippen LogP contribution in [0.5, 0.6) is 0 Å². The number of cyclic esters (lactones) is 1. The summed E-state index contributed by atoms with van der Waals surface area (Å²) >= 11 is 0. The number of halogens is 5. The van der Waals surface area contributed by atoms with Crippen molar-refractivity contribution in [3.8, 4) is 0 Å². The SMILES string of the molecule is CCC(C)(C)C(=O)OC12CC3CC(CC(O)(C3)C1)C2.CCC(C)(C)C(=O)OC1CC2CC1C(O)(C(F)(F)F)C2(F)F.CCC(C)(C)C(=O)OC1COC(=O)C1. The predicted molar refractivity (Wildman–Crippen MR) is 188 cm³/mol. The molecule has 0 aromatic heterocycles. The molecule has 1 heterocycles. The topological polar surface area (TPSA) is 146 Å². The van der Waals surface area contributed by atoms with Crippen molar-refractivity contribution in [3.63, 3.8) is 0 Å². The smallest absolute Gasteiger partial charge is 0.423 e. The van der Waals surface area contributed by atoms with Gasteiger partial charge in [0, 0.05) is 18.3 Å². The fourth-order valence-corrected chi connectivity index (χ4v) is 9.01. The summed E-state index contributed by atoms with van der Waals surface area (Å²) in [6.45, 7) is 16.5. The van der Waals surface area contributed by atoms with Crippen molar-refractivity contribution in [2.45, 2.75) is 180 Å². The minimum atomic E-state index is -5.48. The average molecular weight is 797 g/mol. The summed E-state index contributed by atoms with van der Waals surface area (Å²) in [4.78, 5) is 46.7. The molecule has 316 valence electrons. The highest BCUT2D eigenvalue weighted by Gasteiger charge is 2.83. The van der Waals surface area contributed by atoms with Crippen molar-refractivity contribution in [2.24, 2.45) is 39.9 Å². The van der Waals surface area contributed by atoms with E-state index in [0.717, 1.165) is 32.1 Å². The fourth-order valence-electron chi connectivity index (χ4n) is 9.01. The molecule has 7 aliphatic rings. The highest BCUT2D eigenvalue weighted by atomic mass is 19.4. The lowest BCUT2D eigenvalue weighted by atomic mass is 9.52. The number of ether oxygens (including phenoxy) is 4. The Kier molecular flexibility index (Phi) is 12.6. The van der Waals surface area contributed by atoms with Crippen LogP contribution in [-0.4, -0.2) is 81.8 Å². The van der Waals surface area contributed by atoms with Crippen molar-refractivity contribution in [3.05, 3.63) is 0 Å². The van der Waals surface area contributed by atoms with Gasteiger partial charge in [-0.3, -0.25) is 19.2 Å². The van der Waals surface area contributed by atoms with E-state index in [9.17, 15) is 51.3 Å². The van der Waals surface area contributed by atoms with E-state index in [-0.39, 0.29) is 49.1 Å². The molecule has 7 unspecified atom stereocenters. The van der Waals surface area contributed by atoms with E-state index in [1.54, 1.807) is 20.8 Å². The summed E-state index contributed by atoms with van der Waals surface area (Å²) in [5, 5.41) is 20.4. The summed E-state index contributed by atoms with van der Waals surface area (Å²) in [6.07, 6.45) is -0.331. The normalized spacial score (nSPS) is 35.9. The molecule has 0 radical (unpaired) electrons. The van der Waals surface area contributed by atoms with Crippen LogP contribution in [0.2, 0.25) is 0 Å². The van der Waals surface area contributed by atoms with Gasteiger partial charge in [-0.1, -0.05) is 20.8 Å². The Hall–Kier alpha value is -2.55. The molecule has 10 nitrogen and oxygen atoms in total. The average Bonchev–Trinajstić information content (AvgIpc) is 3.73. The van der Waals surface area contributed by atoms with E-state index in [1.165, 1.54) is 6.42 Å². The zero-order valence-electron chi connectivity index (χ0n) is 33.7. The largest absolute Gasteiger partial charge is 0.462 e. The predicted octanol–water partition coefficient (Wildman–Crippen LogP) is 7.63. The van der Waals surface area contributed by atoms with Crippen LogP contribution in [0.1, 0.15) is 139 Å². The van der Waals surface area contributed by atoms with Crippen LogP contribution in [-0.2, 0) is 38.1 Å². The molecule has 0 aromatic carbocycles. The standard InChI is InChI=1S/C16H26O3.C14H19F5O3.C10H16O4/c1-4-14(2,3)13(17)19-16-8-11-5-12(9-16)7-15(18,6-11)10-16;1-4-11(2,3)10(20)22-9-6-7-5-8(9)12(21,13(7,15)16)14(17,18)19;1-4-10(2,3)9(12)14-7-5-8(11)13-6-7/h11-12,18H,4-10H2,1-3H3;7-9,21H,4-6H2,1-3H3;7H,4-6H2,1-3H3. The quantitative estimate of drug-likeness (QED) is 0.136. The maximum Gasteiger partial charge on any atom is 0.423 e. The molecular formula is C40H61F5O10. The first-order valence-electron chi connectivity index (χ1n) is 19.7. The van der Waals surface area contributed by atoms with Crippen LogP contribution < -0.4 is 0 Å². The second-order valence-corrected chi connectivity index (χ2v) is 19.0. The number of hydrogen-bond donors (Lipinski definition) is 2. The van der Waals surface area contributed by atoms with Gasteiger partial charge in [-0.2, -0.15) is 13.2 Å². The molecule has 0 aromatic rings. The van der Waals surface area contributed by atoms with Crippen molar-refractivity contribution < 1.29 is 70.3 Å². The van der Waals surface area contributed by atoms with Crippen LogP contribution >= 0.6 is 0 Å². The Balaban J connectivity index is 0.000000188. The zero-order valence-corrected chi connectivity index (χ0v) is 33.7. The third kappa shape index (κ3) is 8.97. The molecule has 7 atom stereocenters. The van der Waals surface area contributed by atoms with E-state index < -0.39 is 69.9 Å². The fraction of sp³-hybridized carbons (Fsp3) is 0.900. The first-order chi connectivity index (χ1) is 25.0. The van der Waals surface area contributed by atoms with Gasteiger partial charge in [0.05, 0.1) is 28.3 Å². The molecule has 7 fully saturated rings. The number of carbonyl (C=O) groups excluding carboxylic acids is 4. The second-order valence-electron chi connectivity index (χ2n) is 19.0. The van der Waals surface area contributed by atoms with E-state index >= 15 is 0 Å². The van der Waals surface area contributed by atoms with E-state index in [0.29, 0.717) is 31.1 Å². The lowest BCUT2D eigenvalue weighted by Gasteiger charge is -2.59. The lowest BCUT2D eigenvalue weighted by Crippen LogP contribution is -2.65. The molecule has 0 amide bonds. The molecule has 0 spiro atoms. The number of carbonyl (C=O) groups is 4. The number of alkyl halides is 5. The minimum absolute atomic E-state index is 0.0828. The van der Waals surface area contributed by atoms with E-state index in [2.05, 4.69) is 0 Å². The van der Waals surface area contributed by atoms with Gasteiger partial charge in [-0.15, -0.1) is 0 Å². The minimum Gasteiger partial charge on any atom is -0.462 e. The third-order valence-corrected chi connectivity index (χ3v) is 13.4. The molecule has 6 aliphatic carbocycles. The van der Waals surface area contributed by atoms with E-state index in [4.69, 9.17) is 18.9 Å². The molecule has 7 rings (SSSR count). The van der Waals surface area contributed by atoms with Gasteiger partial charge in [0.25, 0.3) is 5.92 Å². The third-order valence-electron chi connectivity index (χ3n) is 13.4. The summed E-state index contributed by atoms with van der Waals surface area (Å²) in [7, 11) is 0. The molecule has 1 saturated heterocycles. The van der Waals surface area contributed by atoms with E-state index in [1.807, 2.05) is 41.5 Å². The molecule has 2 N–H and O–H groups in total. The monoisotopic (exact) mass is 796 g/mol. The summed E-state index contributed by atoms with van der Waals surface area (Å²) < 4.78 is 87.8. The highest BCUT2D eigenvalue weighted by Crippen LogP contribution is 2.65. The Morgan fingerprint density at radius 1 is 0.764 bits per heavy atom. The number of aliphatic hydroxyl groups is 2. The second kappa shape index (κ2) is 15.3. The summed E-state index contributed by atoms with van der Waals surface area (Å²) in [6, 6.07) is 0. The lowest BCUT2D eigenvalue weighted by molar-refractivity contribution is -0.355. The Labute approximate surface area is 320 Å². The van der Waals surface area contributed by atoms with Crippen LogP contribution in [0.15, 0.2) is 0 Å². The van der Waals surface area contributed by atoms with Gasteiger partial charge >= 0.3 is 30.1 Å². The van der Waals surface area contributed by atoms with Crippen LogP contribution in [0.3, 0.4) is 0 Å². The highest BCUT2D eigenvalue weighted by molar-refractivity contribution is 5.78. The first kappa shape index (κ1) is 45.2. The van der Waals surface area contributed by atoms with Crippen LogP contribution in [0, 0.1) is 39.9 Å². The van der Waals surface area contributed by atoms with Crippen LogP contribution in [0.4, 0.5) is 22.0 Å². The molecule has 6 saturated carbocycles. The number of rotatable bonds is 9. The zero-order chi connectivity index (χ0) is 41.8. The maximum atomic E-state index is 13.9. The van der Waals surface area contributed by atoms with Crippen molar-refractivity contribution in [1.29, 1.82) is 0 Å². The van der Waals surface area contributed by atoms with Gasteiger partial charge in [0.2, 0.25) is 5.60 Å². The number of esters is 4. The first-order valence-corrected chi connectivity index (χ1v) is 19.7. The molecular weight excluding hydrogens is 735 g/mol. The van der Waals surface area contributed by atoms with Crippen molar-refractivity contribution in [2.75, 3.05) is 6.61 Å². The van der Waals surface area contributed by atoms with Crippen LogP contribution in [0.25, 0.3) is 0 Å². The van der Waals surface area contributed by atoms with Gasteiger partial charge < -0.3 is 29.2 Å². The number of hydrogen-bond acceptors (Lipinski definition) is 10. The Morgan fingerprint density at radius 3 is 1.67 bits per heavy atom. The summed E-state index contributed by atoms with van der Waals surface area (Å²) in [5.74, 6) is -7.98. The molecule has 6 bridgehead atoms. The molecule has 55 heavy (non-hydrogen) atoms. The maximum absolute atomic E-state index is 13.9. The summed E-state index contributed by atoms with van der Waals surface area (Å²) in [5.41, 5.74) is -6.86. The molecule has 15 heteroatoms. The Morgan fingerprint density at radius 2 is 1.25 bits per heavy atom. The van der Waals surface area contributed by atoms with Gasteiger partial charge in [-0.05, 0) is 118 Å². The van der Waals surface area contributed by atoms with Gasteiger partial charge in [-0.25, -0.2) is 8.78 Å². The van der Waals surface area contributed by atoms with Gasteiger partial charge in [0.15, 0.2) is 0 Å².